The Morgan fingerprint density at radius 1 is 1.30 bits per heavy atom. The normalized spacial score (nSPS) is 25.4. The number of nitrogens with two attached hydrogens (primary N) is 1. The second-order valence-electron chi connectivity index (χ2n) is 5.86. The third kappa shape index (κ3) is 2.39. The van der Waals surface area contributed by atoms with Crippen LogP contribution in [-0.4, -0.2) is 47.0 Å². The van der Waals surface area contributed by atoms with Crippen molar-refractivity contribution in [1.82, 2.24) is 14.8 Å². The first kappa shape index (κ1) is 13.4. The van der Waals surface area contributed by atoms with Gasteiger partial charge in [0.25, 0.3) is 0 Å². The van der Waals surface area contributed by atoms with Gasteiger partial charge in [0.1, 0.15) is 5.52 Å². The maximum atomic E-state index is 5.92. The van der Waals surface area contributed by atoms with E-state index in [2.05, 4.69) is 35.7 Å². The molecule has 108 valence electrons. The standard InChI is InChI=1S/C15H22N4O/c1-10-7-19(8-11(2)18(10)3)9-14-17-15-12(16)5-4-6-13(15)20-14/h4-6,10-11H,7-9,16H2,1-3H3. The molecule has 1 aliphatic rings. The number of likely N-dealkylation sites (N-methyl/N-ethyl adjacent to an activating group) is 1. The highest BCUT2D eigenvalue weighted by Gasteiger charge is 2.27. The number of rotatable bonds is 2. The summed E-state index contributed by atoms with van der Waals surface area (Å²) in [5.74, 6) is 0.752. The Morgan fingerprint density at radius 2 is 2.00 bits per heavy atom. The zero-order valence-electron chi connectivity index (χ0n) is 12.3. The van der Waals surface area contributed by atoms with Crippen LogP contribution >= 0.6 is 0 Å². The summed E-state index contributed by atoms with van der Waals surface area (Å²) in [5.41, 5.74) is 8.15. The average Bonchev–Trinajstić information content (AvgIpc) is 2.80. The number of anilines is 1. The first-order chi connectivity index (χ1) is 9.54. The van der Waals surface area contributed by atoms with Crippen molar-refractivity contribution >= 4 is 16.8 Å². The number of hydrogen-bond acceptors (Lipinski definition) is 5. The topological polar surface area (TPSA) is 58.5 Å². The third-order valence-electron chi connectivity index (χ3n) is 4.29. The number of hydrogen-bond donors (Lipinski definition) is 1. The van der Waals surface area contributed by atoms with Crippen molar-refractivity contribution in [2.45, 2.75) is 32.5 Å². The van der Waals surface area contributed by atoms with Gasteiger partial charge in [-0.1, -0.05) is 6.07 Å². The Bertz CT molecular complexity index is 597. The summed E-state index contributed by atoms with van der Waals surface area (Å²) in [6.07, 6.45) is 0. The molecular formula is C15H22N4O. The van der Waals surface area contributed by atoms with Gasteiger partial charge in [-0.2, -0.15) is 0 Å². The third-order valence-corrected chi connectivity index (χ3v) is 4.29. The molecule has 1 fully saturated rings. The van der Waals surface area contributed by atoms with E-state index in [-0.39, 0.29) is 0 Å². The predicted octanol–water partition coefficient (Wildman–Crippen LogP) is 1.93. The minimum absolute atomic E-state index is 0.549. The number of para-hydroxylation sites is 1. The zero-order valence-corrected chi connectivity index (χ0v) is 12.3. The number of oxazole rings is 1. The smallest absolute Gasteiger partial charge is 0.209 e. The molecule has 5 heteroatoms. The van der Waals surface area contributed by atoms with Gasteiger partial charge in [0.15, 0.2) is 5.58 Å². The molecule has 20 heavy (non-hydrogen) atoms. The minimum atomic E-state index is 0.549. The summed E-state index contributed by atoms with van der Waals surface area (Å²) >= 11 is 0. The van der Waals surface area contributed by atoms with Crippen LogP contribution in [0.2, 0.25) is 0 Å². The number of benzene rings is 1. The number of nitrogens with zero attached hydrogens (tertiary/aromatic N) is 3. The molecule has 3 rings (SSSR count). The van der Waals surface area contributed by atoms with Gasteiger partial charge < -0.3 is 10.2 Å². The van der Waals surface area contributed by atoms with Crippen molar-refractivity contribution < 1.29 is 4.42 Å². The van der Waals surface area contributed by atoms with Crippen molar-refractivity contribution in [2.24, 2.45) is 0 Å². The van der Waals surface area contributed by atoms with Crippen molar-refractivity contribution in [3.05, 3.63) is 24.1 Å². The van der Waals surface area contributed by atoms with Gasteiger partial charge in [-0.3, -0.25) is 9.80 Å². The van der Waals surface area contributed by atoms with Crippen LogP contribution in [0.15, 0.2) is 22.6 Å². The van der Waals surface area contributed by atoms with E-state index in [1.807, 2.05) is 18.2 Å². The number of nitrogen functional groups attached to an aromatic ring is 1. The number of aromatic nitrogens is 1. The zero-order chi connectivity index (χ0) is 14.3. The SMILES string of the molecule is CC1CN(Cc2nc3c(N)cccc3o2)CC(C)N1C. The fourth-order valence-electron chi connectivity index (χ4n) is 2.92. The summed E-state index contributed by atoms with van der Waals surface area (Å²) in [6, 6.07) is 6.76. The van der Waals surface area contributed by atoms with Crippen LogP contribution in [0.4, 0.5) is 5.69 Å². The van der Waals surface area contributed by atoms with Gasteiger partial charge in [0, 0.05) is 25.2 Å². The average molecular weight is 274 g/mol. The maximum absolute atomic E-state index is 5.92. The van der Waals surface area contributed by atoms with E-state index in [1.54, 1.807) is 0 Å². The summed E-state index contributed by atoms with van der Waals surface area (Å²) in [6.45, 7) is 7.33. The molecule has 5 nitrogen and oxygen atoms in total. The molecule has 0 aliphatic carbocycles. The van der Waals surface area contributed by atoms with E-state index in [9.17, 15) is 0 Å². The van der Waals surface area contributed by atoms with Crippen LogP contribution in [0.5, 0.6) is 0 Å². The van der Waals surface area contributed by atoms with E-state index < -0.39 is 0 Å². The molecule has 1 saturated heterocycles. The first-order valence-corrected chi connectivity index (χ1v) is 7.13. The van der Waals surface area contributed by atoms with E-state index in [1.165, 1.54) is 0 Å². The molecule has 0 amide bonds. The van der Waals surface area contributed by atoms with Crippen molar-refractivity contribution in [2.75, 3.05) is 25.9 Å². The number of fused-ring (bicyclic) bond motifs is 1. The lowest BCUT2D eigenvalue weighted by Gasteiger charge is -2.41. The van der Waals surface area contributed by atoms with Crippen molar-refractivity contribution in [1.29, 1.82) is 0 Å². The molecule has 2 unspecified atom stereocenters. The molecular weight excluding hydrogens is 252 g/mol. The van der Waals surface area contributed by atoms with Gasteiger partial charge in [-0.15, -0.1) is 0 Å². The fourth-order valence-corrected chi connectivity index (χ4v) is 2.92. The van der Waals surface area contributed by atoms with Crippen LogP contribution in [0, 0.1) is 0 Å². The highest BCUT2D eigenvalue weighted by molar-refractivity contribution is 5.85. The largest absolute Gasteiger partial charge is 0.439 e. The highest BCUT2D eigenvalue weighted by atomic mass is 16.3. The van der Waals surface area contributed by atoms with Crippen LogP contribution in [0.3, 0.4) is 0 Å². The van der Waals surface area contributed by atoms with Crippen LogP contribution in [0.25, 0.3) is 11.1 Å². The lowest BCUT2D eigenvalue weighted by atomic mass is 10.1. The Kier molecular flexibility index (Phi) is 3.40. The Labute approximate surface area is 119 Å². The molecule has 2 heterocycles. The maximum Gasteiger partial charge on any atom is 0.209 e. The van der Waals surface area contributed by atoms with Crippen LogP contribution < -0.4 is 5.73 Å². The van der Waals surface area contributed by atoms with E-state index in [0.717, 1.165) is 36.6 Å². The minimum Gasteiger partial charge on any atom is -0.439 e. The van der Waals surface area contributed by atoms with Gasteiger partial charge in [0.05, 0.1) is 12.2 Å². The van der Waals surface area contributed by atoms with Crippen LogP contribution in [0.1, 0.15) is 19.7 Å². The Balaban J connectivity index is 1.78. The summed E-state index contributed by atoms with van der Waals surface area (Å²) in [4.78, 5) is 9.34. The fraction of sp³-hybridized carbons (Fsp3) is 0.533. The molecule has 1 aromatic carbocycles. The van der Waals surface area contributed by atoms with Crippen molar-refractivity contribution in [3.8, 4) is 0 Å². The summed E-state index contributed by atoms with van der Waals surface area (Å²) in [7, 11) is 2.19. The number of piperazine rings is 1. The van der Waals surface area contributed by atoms with Gasteiger partial charge >= 0.3 is 0 Å². The Morgan fingerprint density at radius 3 is 2.65 bits per heavy atom. The molecule has 2 atom stereocenters. The molecule has 2 aromatic rings. The summed E-state index contributed by atoms with van der Waals surface area (Å²) < 4.78 is 5.80. The lowest BCUT2D eigenvalue weighted by molar-refractivity contribution is 0.0511. The molecule has 0 bridgehead atoms. The van der Waals surface area contributed by atoms with Crippen molar-refractivity contribution in [3.63, 3.8) is 0 Å². The molecule has 2 N–H and O–H groups in total. The van der Waals surface area contributed by atoms with E-state index in [0.29, 0.717) is 17.8 Å². The van der Waals surface area contributed by atoms with Gasteiger partial charge in [-0.25, -0.2) is 4.98 Å². The first-order valence-electron chi connectivity index (χ1n) is 7.13. The molecule has 0 radical (unpaired) electrons. The lowest BCUT2D eigenvalue weighted by Crippen LogP contribution is -2.54. The molecule has 1 aromatic heterocycles. The van der Waals surface area contributed by atoms with E-state index in [4.69, 9.17) is 10.2 Å². The second-order valence-corrected chi connectivity index (χ2v) is 5.86. The molecule has 0 saturated carbocycles. The van der Waals surface area contributed by atoms with Gasteiger partial charge in [0.2, 0.25) is 5.89 Å². The highest BCUT2D eigenvalue weighted by Crippen LogP contribution is 2.23. The van der Waals surface area contributed by atoms with Crippen LogP contribution in [-0.2, 0) is 6.54 Å². The van der Waals surface area contributed by atoms with E-state index >= 15 is 0 Å². The quantitative estimate of drug-likeness (QED) is 0.848. The Hall–Kier alpha value is -1.59. The molecule has 1 aliphatic heterocycles. The monoisotopic (exact) mass is 274 g/mol. The summed E-state index contributed by atoms with van der Waals surface area (Å²) in [5, 5.41) is 0. The van der Waals surface area contributed by atoms with Gasteiger partial charge in [-0.05, 0) is 33.0 Å². The second kappa shape index (κ2) is 5.07. The molecule has 0 spiro atoms. The predicted molar refractivity (Wildman–Crippen MR) is 80.4 cm³/mol.